The minimum absolute atomic E-state index is 1.16. The molecule has 0 N–H and O–H groups in total. The van der Waals surface area contributed by atoms with Gasteiger partial charge in [-0.25, -0.2) is 0 Å². The molecule has 0 spiro atoms. The van der Waals surface area contributed by atoms with Gasteiger partial charge in [0.1, 0.15) is 0 Å². The second-order valence-electron chi connectivity index (χ2n) is 6.38. The lowest BCUT2D eigenvalue weighted by atomic mass is 10.0. The molecule has 0 bridgehead atoms. The van der Waals surface area contributed by atoms with E-state index in [2.05, 4.69) is 107 Å². The third kappa shape index (κ3) is 2.66. The zero-order chi connectivity index (χ0) is 17.5. The van der Waals surface area contributed by atoms with Gasteiger partial charge < -0.3 is 0 Å². The van der Waals surface area contributed by atoms with Gasteiger partial charge in [-0.05, 0) is 56.4 Å². The Morgan fingerprint density at radius 3 is 1.88 bits per heavy atom. The predicted octanol–water partition coefficient (Wildman–Crippen LogP) is 8.15. The third-order valence-electron chi connectivity index (χ3n) is 4.74. The molecule has 124 valence electrons. The zero-order valence-electron chi connectivity index (χ0n) is 13.9. The van der Waals surface area contributed by atoms with Crippen LogP contribution in [0.1, 0.15) is 0 Å². The highest BCUT2D eigenvalue weighted by Gasteiger charge is 2.11. The van der Waals surface area contributed by atoms with Gasteiger partial charge in [0.2, 0.25) is 0 Å². The third-order valence-corrected chi connectivity index (χ3v) is 6.83. The summed E-state index contributed by atoms with van der Waals surface area (Å²) in [6.45, 7) is 0. The van der Waals surface area contributed by atoms with Crippen molar-refractivity contribution in [1.29, 1.82) is 0 Å². The van der Waals surface area contributed by atoms with Crippen molar-refractivity contribution in [2.75, 3.05) is 0 Å². The molecule has 0 aliphatic heterocycles. The summed E-state index contributed by atoms with van der Waals surface area (Å²) in [6, 6.07) is 32.5. The quantitative estimate of drug-likeness (QED) is 0.273. The van der Waals surface area contributed by atoms with E-state index in [4.69, 9.17) is 0 Å². The van der Waals surface area contributed by atoms with E-state index < -0.39 is 0 Å². The lowest BCUT2D eigenvalue weighted by Crippen LogP contribution is -1.79. The van der Waals surface area contributed by atoms with Crippen molar-refractivity contribution in [1.82, 2.24) is 0 Å². The summed E-state index contributed by atoms with van der Waals surface area (Å²) < 4.78 is 3.80. The molecule has 0 saturated carbocycles. The first-order valence-corrected chi connectivity index (χ1v) is 10.2. The smallest absolute Gasteiger partial charge is 0.0497 e. The summed E-state index contributed by atoms with van der Waals surface area (Å²) in [5, 5.41) is 2.64. The topological polar surface area (TPSA) is 0 Å². The van der Waals surface area contributed by atoms with E-state index in [-0.39, 0.29) is 0 Å². The molecule has 0 aliphatic carbocycles. The minimum Gasteiger partial charge on any atom is -0.134 e. The first-order chi connectivity index (χ1) is 12.8. The zero-order valence-corrected chi connectivity index (χ0v) is 16.3. The van der Waals surface area contributed by atoms with E-state index in [9.17, 15) is 0 Å². The van der Waals surface area contributed by atoms with Crippen LogP contribution in [0.15, 0.2) is 95.5 Å². The molecule has 5 rings (SSSR count). The molecule has 5 aromatic rings. The van der Waals surface area contributed by atoms with Gasteiger partial charge in [0.25, 0.3) is 0 Å². The molecule has 2 heteroatoms. The van der Waals surface area contributed by atoms with Crippen molar-refractivity contribution in [3.05, 3.63) is 95.5 Å². The predicted molar refractivity (Wildman–Crippen MR) is 118 cm³/mol. The molecule has 4 aromatic carbocycles. The van der Waals surface area contributed by atoms with Crippen LogP contribution in [-0.4, -0.2) is 0 Å². The number of benzene rings is 4. The molecule has 0 aliphatic rings. The maximum atomic E-state index is 3.80. The van der Waals surface area contributed by atoms with Crippen LogP contribution in [0.2, 0.25) is 0 Å². The van der Waals surface area contributed by atoms with E-state index in [1.807, 2.05) is 11.3 Å². The van der Waals surface area contributed by atoms with E-state index in [0.717, 1.165) is 4.47 Å². The Kier molecular flexibility index (Phi) is 3.88. The van der Waals surface area contributed by atoms with Gasteiger partial charge in [-0.15, -0.1) is 11.3 Å². The minimum atomic E-state index is 1.16. The molecule has 0 unspecified atom stereocenters. The van der Waals surface area contributed by atoms with Crippen LogP contribution in [0.3, 0.4) is 0 Å². The van der Waals surface area contributed by atoms with Crippen LogP contribution in [-0.2, 0) is 0 Å². The Morgan fingerprint density at radius 1 is 0.538 bits per heavy atom. The first kappa shape index (κ1) is 15.8. The Balaban J connectivity index is 1.73. The van der Waals surface area contributed by atoms with Crippen molar-refractivity contribution in [2.45, 2.75) is 0 Å². The van der Waals surface area contributed by atoms with Crippen molar-refractivity contribution in [3.63, 3.8) is 0 Å². The van der Waals surface area contributed by atoms with Crippen LogP contribution < -0.4 is 0 Å². The second kappa shape index (κ2) is 6.39. The summed E-state index contributed by atoms with van der Waals surface area (Å²) in [4.78, 5) is 0. The SMILES string of the molecule is Brc1cc(-c2ccccc2)cc2c1sc1cc(-c3ccccc3)ccc12. The van der Waals surface area contributed by atoms with Gasteiger partial charge in [0.15, 0.2) is 0 Å². The standard InChI is InChI=1S/C24H15BrS/c25-22-14-19(17-9-5-2-6-10-17)13-21-20-12-11-18(15-23(20)26-24(21)22)16-7-3-1-4-8-16/h1-15H. The number of fused-ring (bicyclic) bond motifs is 3. The summed E-state index contributed by atoms with van der Waals surface area (Å²) in [7, 11) is 0. The lowest BCUT2D eigenvalue weighted by molar-refractivity contribution is 1.64. The van der Waals surface area contributed by atoms with Crippen LogP contribution in [0, 0.1) is 0 Å². The van der Waals surface area contributed by atoms with Gasteiger partial charge in [-0.2, -0.15) is 0 Å². The van der Waals surface area contributed by atoms with E-state index in [1.54, 1.807) is 0 Å². The maximum Gasteiger partial charge on any atom is 0.0497 e. The highest BCUT2D eigenvalue weighted by molar-refractivity contribution is 9.10. The van der Waals surface area contributed by atoms with Gasteiger partial charge in [-0.1, -0.05) is 72.8 Å². The largest absolute Gasteiger partial charge is 0.134 e. The summed E-state index contributed by atoms with van der Waals surface area (Å²) >= 11 is 5.65. The second-order valence-corrected chi connectivity index (χ2v) is 8.29. The first-order valence-electron chi connectivity index (χ1n) is 8.56. The summed E-state index contributed by atoms with van der Waals surface area (Å²) in [5.74, 6) is 0. The molecule has 0 atom stereocenters. The number of hydrogen-bond donors (Lipinski definition) is 0. The monoisotopic (exact) mass is 414 g/mol. The molecule has 0 saturated heterocycles. The fraction of sp³-hybridized carbons (Fsp3) is 0. The van der Waals surface area contributed by atoms with Gasteiger partial charge in [-0.3, -0.25) is 0 Å². The fourth-order valence-corrected chi connectivity index (χ4v) is 5.28. The molecule has 0 radical (unpaired) electrons. The van der Waals surface area contributed by atoms with Gasteiger partial charge >= 0.3 is 0 Å². The van der Waals surface area contributed by atoms with Crippen molar-refractivity contribution >= 4 is 47.4 Å². The Hall–Kier alpha value is -2.42. The summed E-state index contributed by atoms with van der Waals surface area (Å²) in [5.41, 5.74) is 5.02. The van der Waals surface area contributed by atoms with Crippen molar-refractivity contribution < 1.29 is 0 Å². The van der Waals surface area contributed by atoms with Crippen LogP contribution in [0.5, 0.6) is 0 Å². The van der Waals surface area contributed by atoms with Gasteiger partial charge in [0, 0.05) is 24.6 Å². The van der Waals surface area contributed by atoms with Crippen LogP contribution in [0.4, 0.5) is 0 Å². The molecule has 1 heterocycles. The van der Waals surface area contributed by atoms with E-state index in [0.29, 0.717) is 0 Å². The Labute approximate surface area is 164 Å². The molecular weight excluding hydrogens is 400 g/mol. The number of halogens is 1. The van der Waals surface area contributed by atoms with Crippen molar-refractivity contribution in [3.8, 4) is 22.3 Å². The Bertz CT molecular complexity index is 1220. The van der Waals surface area contributed by atoms with E-state index >= 15 is 0 Å². The highest BCUT2D eigenvalue weighted by atomic mass is 79.9. The summed E-state index contributed by atoms with van der Waals surface area (Å²) in [6.07, 6.45) is 0. The number of hydrogen-bond acceptors (Lipinski definition) is 1. The fourth-order valence-electron chi connectivity index (χ4n) is 3.44. The van der Waals surface area contributed by atoms with Crippen LogP contribution in [0.25, 0.3) is 42.4 Å². The molecule has 1 aromatic heterocycles. The Morgan fingerprint density at radius 2 is 1.19 bits per heavy atom. The average Bonchev–Trinajstić information content (AvgIpc) is 3.08. The molecule has 0 amide bonds. The molecule has 0 fully saturated rings. The number of thiophene rings is 1. The van der Waals surface area contributed by atoms with Crippen molar-refractivity contribution in [2.24, 2.45) is 0 Å². The van der Waals surface area contributed by atoms with Gasteiger partial charge in [0.05, 0.1) is 0 Å². The normalized spacial score (nSPS) is 11.3. The lowest BCUT2D eigenvalue weighted by Gasteiger charge is -2.04. The number of rotatable bonds is 2. The maximum absolute atomic E-state index is 3.80. The molecular formula is C24H15BrS. The van der Waals surface area contributed by atoms with E-state index in [1.165, 1.54) is 42.4 Å². The molecule has 0 nitrogen and oxygen atoms in total. The van der Waals surface area contributed by atoms with Crippen LogP contribution >= 0.6 is 27.3 Å². The highest BCUT2D eigenvalue weighted by Crippen LogP contribution is 2.42. The average molecular weight is 415 g/mol. The molecule has 26 heavy (non-hydrogen) atoms.